The highest BCUT2D eigenvalue weighted by molar-refractivity contribution is 5.16. The summed E-state index contributed by atoms with van der Waals surface area (Å²) in [5.41, 5.74) is 1.01. The van der Waals surface area contributed by atoms with Crippen molar-refractivity contribution in [3.05, 3.63) is 48.0 Å². The summed E-state index contributed by atoms with van der Waals surface area (Å²) in [7, 11) is 0. The number of aromatic nitrogens is 1. The van der Waals surface area contributed by atoms with Crippen LogP contribution >= 0.6 is 0 Å². The summed E-state index contributed by atoms with van der Waals surface area (Å²) in [6.07, 6.45) is 4.21. The molecule has 0 aliphatic heterocycles. The van der Waals surface area contributed by atoms with Crippen LogP contribution in [0.4, 0.5) is 0 Å². The van der Waals surface area contributed by atoms with Gasteiger partial charge < -0.3 is 14.5 Å². The van der Waals surface area contributed by atoms with Gasteiger partial charge in [0.25, 0.3) is 0 Å². The van der Waals surface area contributed by atoms with Crippen molar-refractivity contribution in [3.63, 3.8) is 0 Å². The van der Waals surface area contributed by atoms with Crippen LogP contribution < -0.4 is 10.1 Å². The van der Waals surface area contributed by atoms with Crippen molar-refractivity contribution in [2.24, 2.45) is 0 Å². The highest BCUT2D eigenvalue weighted by atomic mass is 16.5. The SMILES string of the molecule is c1cc(CNC2CC2)nc(OCc2ccco2)c1. The van der Waals surface area contributed by atoms with Gasteiger partial charge in [0.05, 0.1) is 12.0 Å². The zero-order valence-electron chi connectivity index (χ0n) is 10.1. The maximum absolute atomic E-state index is 5.58. The van der Waals surface area contributed by atoms with Crippen LogP contribution in [0.15, 0.2) is 41.0 Å². The molecule has 1 aliphatic carbocycles. The molecule has 1 N–H and O–H groups in total. The van der Waals surface area contributed by atoms with Crippen molar-refractivity contribution in [2.75, 3.05) is 0 Å². The molecule has 0 aromatic carbocycles. The van der Waals surface area contributed by atoms with Crippen LogP contribution in [-0.2, 0) is 13.2 Å². The molecule has 3 rings (SSSR count). The molecule has 0 saturated heterocycles. The zero-order valence-corrected chi connectivity index (χ0v) is 10.1. The molecule has 0 amide bonds. The normalized spacial score (nSPS) is 14.7. The highest BCUT2D eigenvalue weighted by Gasteiger charge is 2.20. The van der Waals surface area contributed by atoms with E-state index in [4.69, 9.17) is 9.15 Å². The Morgan fingerprint density at radius 3 is 3.00 bits per heavy atom. The largest absolute Gasteiger partial charge is 0.469 e. The lowest BCUT2D eigenvalue weighted by molar-refractivity contribution is 0.260. The summed E-state index contributed by atoms with van der Waals surface area (Å²) < 4.78 is 10.8. The molecule has 0 bridgehead atoms. The van der Waals surface area contributed by atoms with Crippen LogP contribution in [-0.4, -0.2) is 11.0 Å². The molecule has 2 heterocycles. The maximum Gasteiger partial charge on any atom is 0.213 e. The Morgan fingerprint density at radius 1 is 1.28 bits per heavy atom. The summed E-state index contributed by atoms with van der Waals surface area (Å²) in [4.78, 5) is 4.45. The zero-order chi connectivity index (χ0) is 12.2. The number of nitrogens with zero attached hydrogens (tertiary/aromatic N) is 1. The minimum absolute atomic E-state index is 0.416. The molecule has 94 valence electrons. The molecule has 1 aliphatic rings. The molecule has 0 radical (unpaired) electrons. The average Bonchev–Trinajstić information content (AvgIpc) is 3.09. The van der Waals surface area contributed by atoms with Crippen LogP contribution in [0.3, 0.4) is 0 Å². The van der Waals surface area contributed by atoms with E-state index in [0.29, 0.717) is 18.5 Å². The van der Waals surface area contributed by atoms with Gasteiger partial charge in [-0.15, -0.1) is 0 Å². The fourth-order valence-corrected chi connectivity index (χ4v) is 1.71. The third-order valence-electron chi connectivity index (χ3n) is 2.87. The number of pyridine rings is 1. The first kappa shape index (κ1) is 11.3. The quantitative estimate of drug-likeness (QED) is 0.848. The smallest absolute Gasteiger partial charge is 0.213 e. The number of hydrogen-bond acceptors (Lipinski definition) is 4. The Labute approximate surface area is 106 Å². The summed E-state index contributed by atoms with van der Waals surface area (Å²) in [6.45, 7) is 1.22. The standard InChI is InChI=1S/C14H16N2O2/c1-3-12(9-15-11-6-7-11)16-14(5-1)18-10-13-4-2-8-17-13/h1-5,8,11,15H,6-7,9-10H2. The molecule has 4 heteroatoms. The lowest BCUT2D eigenvalue weighted by Crippen LogP contribution is -2.16. The maximum atomic E-state index is 5.58. The molecule has 1 fully saturated rings. The first-order valence-electron chi connectivity index (χ1n) is 6.25. The third-order valence-corrected chi connectivity index (χ3v) is 2.87. The lowest BCUT2D eigenvalue weighted by Gasteiger charge is -2.06. The predicted molar refractivity (Wildman–Crippen MR) is 67.1 cm³/mol. The van der Waals surface area contributed by atoms with E-state index in [1.165, 1.54) is 12.8 Å². The molecule has 0 atom stereocenters. The van der Waals surface area contributed by atoms with Gasteiger partial charge in [0.2, 0.25) is 5.88 Å². The van der Waals surface area contributed by atoms with E-state index in [1.54, 1.807) is 6.26 Å². The van der Waals surface area contributed by atoms with E-state index in [2.05, 4.69) is 10.3 Å². The molecule has 0 spiro atoms. The Morgan fingerprint density at radius 2 is 2.22 bits per heavy atom. The second-order valence-electron chi connectivity index (χ2n) is 4.49. The average molecular weight is 244 g/mol. The molecule has 2 aromatic heterocycles. The summed E-state index contributed by atoms with van der Waals surface area (Å²) in [5.74, 6) is 1.44. The number of ether oxygens (including phenoxy) is 1. The molecular weight excluding hydrogens is 228 g/mol. The van der Waals surface area contributed by atoms with Gasteiger partial charge in [-0.05, 0) is 31.0 Å². The van der Waals surface area contributed by atoms with Gasteiger partial charge in [-0.3, -0.25) is 0 Å². The lowest BCUT2D eigenvalue weighted by atomic mass is 10.3. The van der Waals surface area contributed by atoms with Crippen molar-refractivity contribution < 1.29 is 9.15 Å². The minimum atomic E-state index is 0.416. The third kappa shape index (κ3) is 3.11. The van der Waals surface area contributed by atoms with E-state index < -0.39 is 0 Å². The van der Waals surface area contributed by atoms with Crippen LogP contribution in [0, 0.1) is 0 Å². The van der Waals surface area contributed by atoms with Crippen molar-refractivity contribution in [1.82, 2.24) is 10.3 Å². The van der Waals surface area contributed by atoms with Gasteiger partial charge in [0.1, 0.15) is 12.4 Å². The fourth-order valence-electron chi connectivity index (χ4n) is 1.71. The van der Waals surface area contributed by atoms with Gasteiger partial charge in [-0.25, -0.2) is 4.98 Å². The first-order chi connectivity index (χ1) is 8.90. The first-order valence-corrected chi connectivity index (χ1v) is 6.25. The fraction of sp³-hybridized carbons (Fsp3) is 0.357. The molecule has 0 unspecified atom stereocenters. The van der Waals surface area contributed by atoms with Crippen LogP contribution in [0.2, 0.25) is 0 Å². The van der Waals surface area contributed by atoms with E-state index in [9.17, 15) is 0 Å². The topological polar surface area (TPSA) is 47.3 Å². The van der Waals surface area contributed by atoms with Crippen LogP contribution in [0.25, 0.3) is 0 Å². The second-order valence-corrected chi connectivity index (χ2v) is 4.49. The molecule has 2 aromatic rings. The minimum Gasteiger partial charge on any atom is -0.469 e. The van der Waals surface area contributed by atoms with E-state index in [-0.39, 0.29) is 0 Å². The Hall–Kier alpha value is -1.81. The highest BCUT2D eigenvalue weighted by Crippen LogP contribution is 2.19. The van der Waals surface area contributed by atoms with Gasteiger partial charge in [-0.2, -0.15) is 0 Å². The van der Waals surface area contributed by atoms with Crippen molar-refractivity contribution in [1.29, 1.82) is 0 Å². The number of rotatable bonds is 6. The van der Waals surface area contributed by atoms with E-state index >= 15 is 0 Å². The van der Waals surface area contributed by atoms with Gasteiger partial charge in [-0.1, -0.05) is 6.07 Å². The summed E-state index contributed by atoms with van der Waals surface area (Å²) in [5, 5.41) is 3.43. The Balaban J connectivity index is 1.55. The van der Waals surface area contributed by atoms with E-state index in [1.807, 2.05) is 30.3 Å². The van der Waals surface area contributed by atoms with Crippen LogP contribution in [0.1, 0.15) is 24.3 Å². The molecular formula is C14H16N2O2. The van der Waals surface area contributed by atoms with Crippen LogP contribution in [0.5, 0.6) is 5.88 Å². The number of hydrogen-bond donors (Lipinski definition) is 1. The van der Waals surface area contributed by atoms with Crippen molar-refractivity contribution >= 4 is 0 Å². The van der Waals surface area contributed by atoms with Gasteiger partial charge >= 0.3 is 0 Å². The number of nitrogens with one attached hydrogen (secondary N) is 1. The predicted octanol–water partition coefficient (Wildman–Crippen LogP) is 2.51. The van der Waals surface area contributed by atoms with E-state index in [0.717, 1.165) is 18.0 Å². The molecule has 4 nitrogen and oxygen atoms in total. The molecule has 1 saturated carbocycles. The summed E-state index contributed by atoms with van der Waals surface area (Å²) in [6, 6.07) is 10.3. The summed E-state index contributed by atoms with van der Waals surface area (Å²) >= 11 is 0. The monoisotopic (exact) mass is 244 g/mol. The number of furan rings is 1. The Bertz CT molecular complexity index is 492. The Kier molecular flexibility index (Phi) is 3.28. The van der Waals surface area contributed by atoms with Gasteiger partial charge in [0.15, 0.2) is 0 Å². The van der Waals surface area contributed by atoms with Crippen molar-refractivity contribution in [3.8, 4) is 5.88 Å². The van der Waals surface area contributed by atoms with Crippen molar-refractivity contribution in [2.45, 2.75) is 32.0 Å². The molecule has 18 heavy (non-hydrogen) atoms. The van der Waals surface area contributed by atoms with Gasteiger partial charge in [0, 0.05) is 18.7 Å². The second kappa shape index (κ2) is 5.23.